The molecule has 10 nitrogen and oxygen atoms in total. The van der Waals surface area contributed by atoms with E-state index in [1.165, 1.54) is 16.7 Å². The van der Waals surface area contributed by atoms with Gasteiger partial charge in [0.15, 0.2) is 6.23 Å². The van der Waals surface area contributed by atoms with Gasteiger partial charge in [-0.3, -0.25) is 9.59 Å². The van der Waals surface area contributed by atoms with Crippen LogP contribution in [0.5, 0.6) is 0 Å². The molecule has 1 atom stereocenters. The molecule has 3 rings (SSSR count). The third-order valence-electron chi connectivity index (χ3n) is 5.02. The molecule has 2 aromatic rings. The summed E-state index contributed by atoms with van der Waals surface area (Å²) < 4.78 is 5.41. The highest BCUT2D eigenvalue weighted by molar-refractivity contribution is 7.99. The maximum Gasteiger partial charge on any atom is 0.411 e. The lowest BCUT2D eigenvalue weighted by molar-refractivity contribution is -0.120. The van der Waals surface area contributed by atoms with Crippen LogP contribution >= 0.6 is 11.8 Å². The Labute approximate surface area is 196 Å². The smallest absolute Gasteiger partial charge is 0.411 e. The zero-order chi connectivity index (χ0) is 24.1. The minimum Gasteiger partial charge on any atom is -0.425 e. The quantitative estimate of drug-likeness (QED) is 0.536. The summed E-state index contributed by atoms with van der Waals surface area (Å²) in [4.78, 5) is 47.3. The van der Waals surface area contributed by atoms with Crippen molar-refractivity contribution >= 4 is 35.6 Å². The van der Waals surface area contributed by atoms with Crippen LogP contribution in [0.4, 0.5) is 10.7 Å². The summed E-state index contributed by atoms with van der Waals surface area (Å²) in [6.07, 6.45) is -1.02. The monoisotopic (exact) mass is 472 g/mol. The summed E-state index contributed by atoms with van der Waals surface area (Å²) in [5.41, 5.74) is 9.37. The minimum atomic E-state index is -0.916. The van der Waals surface area contributed by atoms with Gasteiger partial charge in [0.05, 0.1) is 5.69 Å². The second-order valence-electron chi connectivity index (χ2n) is 7.91. The normalized spacial score (nSPS) is 17.0. The number of thioether (sulfide) groups is 1. The molecule has 0 fully saturated rings. The zero-order valence-electron chi connectivity index (χ0n) is 19.1. The molecular formula is C22H28N6O4S. The molecule has 1 aromatic carbocycles. The van der Waals surface area contributed by atoms with Crippen molar-refractivity contribution < 1.29 is 19.1 Å². The van der Waals surface area contributed by atoms with E-state index < -0.39 is 18.2 Å². The second kappa shape index (κ2) is 10.5. The Hall–Kier alpha value is -3.34. The number of nitrogens with zero attached hydrogens (tertiary/aromatic N) is 3. The van der Waals surface area contributed by atoms with Gasteiger partial charge in [-0.1, -0.05) is 6.07 Å². The van der Waals surface area contributed by atoms with Crippen LogP contribution in [0.25, 0.3) is 11.3 Å². The molecule has 2 heterocycles. The number of amides is 3. The predicted octanol–water partition coefficient (Wildman–Crippen LogP) is 2.10. The fourth-order valence-electron chi connectivity index (χ4n) is 3.32. The molecule has 1 aromatic heterocycles. The molecule has 0 aliphatic carbocycles. The Morgan fingerprint density at radius 3 is 2.61 bits per heavy atom. The first-order valence-corrected chi connectivity index (χ1v) is 11.5. The highest BCUT2D eigenvalue weighted by atomic mass is 32.2. The number of aromatic nitrogens is 2. The van der Waals surface area contributed by atoms with Crippen molar-refractivity contribution in [2.45, 2.75) is 37.9 Å². The molecule has 4 bridgehead atoms. The van der Waals surface area contributed by atoms with Gasteiger partial charge >= 0.3 is 6.09 Å². The Bertz CT molecular complexity index is 1080. The fourth-order valence-corrected chi connectivity index (χ4v) is 4.17. The summed E-state index contributed by atoms with van der Waals surface area (Å²) in [7, 11) is 3.11. The van der Waals surface area contributed by atoms with Gasteiger partial charge in [0.25, 0.3) is 5.91 Å². The van der Waals surface area contributed by atoms with Crippen molar-refractivity contribution in [2.75, 3.05) is 32.1 Å². The van der Waals surface area contributed by atoms with E-state index in [9.17, 15) is 14.4 Å². The molecule has 176 valence electrons. The van der Waals surface area contributed by atoms with Crippen molar-refractivity contribution in [1.29, 1.82) is 0 Å². The third kappa shape index (κ3) is 6.35. The van der Waals surface area contributed by atoms with Crippen molar-refractivity contribution in [3.05, 3.63) is 34.9 Å². The van der Waals surface area contributed by atoms with Gasteiger partial charge in [-0.15, -0.1) is 11.8 Å². The summed E-state index contributed by atoms with van der Waals surface area (Å²) in [6.45, 7) is 4.00. The standard InChI is InChI=1S/C22H28N6O4S/c1-12-9-13(2)15-10-14(12)16-11-19(27-21(23)25-16)33-8-6-17(29)24-7-5-18(26-20(15)30)32-22(31)28(3)4/h9-11,18H,5-8H2,1-4H3,(H,24,29)(H,26,30)(H2,23,25,27)/t18-/m0/s1. The number of benzene rings is 1. The van der Waals surface area contributed by atoms with Crippen molar-refractivity contribution in [1.82, 2.24) is 25.5 Å². The summed E-state index contributed by atoms with van der Waals surface area (Å²) in [5, 5.41) is 6.21. The summed E-state index contributed by atoms with van der Waals surface area (Å²) >= 11 is 1.40. The molecule has 1 aliphatic rings. The van der Waals surface area contributed by atoms with Gasteiger partial charge < -0.3 is 26.0 Å². The van der Waals surface area contributed by atoms with Crippen LogP contribution in [0.3, 0.4) is 0 Å². The van der Waals surface area contributed by atoms with E-state index in [0.717, 1.165) is 16.7 Å². The van der Waals surface area contributed by atoms with E-state index in [0.29, 0.717) is 22.0 Å². The van der Waals surface area contributed by atoms with Crippen molar-refractivity contribution in [2.24, 2.45) is 0 Å². The number of rotatable bonds is 1. The molecule has 4 N–H and O–H groups in total. The number of nitrogen functional groups attached to an aromatic ring is 1. The predicted molar refractivity (Wildman–Crippen MR) is 126 cm³/mol. The Balaban J connectivity index is 2.02. The molecule has 0 radical (unpaired) electrons. The minimum absolute atomic E-state index is 0.113. The number of fused-ring (bicyclic) bond motifs is 5. The lowest BCUT2D eigenvalue weighted by Gasteiger charge is -2.22. The lowest BCUT2D eigenvalue weighted by atomic mass is 9.97. The number of nitrogens with two attached hydrogens (primary N) is 1. The summed E-state index contributed by atoms with van der Waals surface area (Å²) in [5.74, 6) is 0.0654. The largest absolute Gasteiger partial charge is 0.425 e. The number of nitrogens with one attached hydrogen (secondary N) is 2. The topological polar surface area (TPSA) is 140 Å². The molecule has 11 heteroatoms. The van der Waals surface area contributed by atoms with Crippen LogP contribution in [0, 0.1) is 13.8 Å². The fraction of sp³-hybridized carbons (Fsp3) is 0.409. The zero-order valence-corrected chi connectivity index (χ0v) is 19.9. The number of aryl methyl sites for hydroxylation is 2. The van der Waals surface area contributed by atoms with Crippen molar-refractivity contribution in [3.63, 3.8) is 0 Å². The average molecular weight is 473 g/mol. The number of carbonyl (C=O) groups is 3. The Morgan fingerprint density at radius 2 is 1.88 bits per heavy atom. The van der Waals surface area contributed by atoms with Gasteiger partial charge in [0.1, 0.15) is 5.03 Å². The average Bonchev–Trinajstić information content (AvgIpc) is 2.72. The van der Waals surface area contributed by atoms with E-state index in [-0.39, 0.29) is 31.2 Å². The first-order chi connectivity index (χ1) is 15.6. The van der Waals surface area contributed by atoms with Crippen LogP contribution in [0.2, 0.25) is 0 Å². The molecule has 0 unspecified atom stereocenters. The van der Waals surface area contributed by atoms with E-state index in [1.54, 1.807) is 26.2 Å². The summed E-state index contributed by atoms with van der Waals surface area (Å²) in [6, 6.07) is 5.46. The Morgan fingerprint density at radius 1 is 1.15 bits per heavy atom. The van der Waals surface area contributed by atoms with Crippen LogP contribution in [-0.4, -0.2) is 65.4 Å². The van der Waals surface area contributed by atoms with Crippen molar-refractivity contribution in [3.8, 4) is 11.3 Å². The number of hydrogen-bond donors (Lipinski definition) is 3. The van der Waals surface area contributed by atoms with Crippen LogP contribution in [-0.2, 0) is 9.53 Å². The third-order valence-corrected chi connectivity index (χ3v) is 5.93. The van der Waals surface area contributed by atoms with Gasteiger partial charge in [0, 0.05) is 50.4 Å². The molecule has 3 amide bonds. The van der Waals surface area contributed by atoms with Gasteiger partial charge in [-0.2, -0.15) is 0 Å². The number of hydrogen-bond acceptors (Lipinski definition) is 8. The molecular weight excluding hydrogens is 444 g/mol. The van der Waals surface area contributed by atoms with E-state index >= 15 is 0 Å². The van der Waals surface area contributed by atoms with Gasteiger partial charge in [0.2, 0.25) is 11.9 Å². The van der Waals surface area contributed by atoms with E-state index in [2.05, 4.69) is 20.6 Å². The number of anilines is 1. The highest BCUT2D eigenvalue weighted by Crippen LogP contribution is 2.29. The van der Waals surface area contributed by atoms with Crippen LogP contribution in [0.1, 0.15) is 34.3 Å². The molecule has 1 aliphatic heterocycles. The second-order valence-corrected chi connectivity index (χ2v) is 9.02. The Kier molecular flexibility index (Phi) is 7.75. The molecule has 0 saturated carbocycles. The molecule has 0 saturated heterocycles. The maximum atomic E-state index is 13.2. The van der Waals surface area contributed by atoms with E-state index in [1.807, 2.05) is 19.9 Å². The lowest BCUT2D eigenvalue weighted by Crippen LogP contribution is -2.43. The molecule has 0 spiro atoms. The van der Waals surface area contributed by atoms with E-state index in [4.69, 9.17) is 10.5 Å². The first-order valence-electron chi connectivity index (χ1n) is 10.5. The van der Waals surface area contributed by atoms with Gasteiger partial charge in [-0.05, 0) is 37.1 Å². The number of ether oxygens (including phenoxy) is 1. The SMILES string of the molecule is Cc1cc(C)c2cc1C(=O)N[C@@H](OC(=O)N(C)C)CCNC(=O)CCSc1cc-2nc(N)n1. The first kappa shape index (κ1) is 24.3. The molecule has 33 heavy (non-hydrogen) atoms. The highest BCUT2D eigenvalue weighted by Gasteiger charge is 2.22. The maximum absolute atomic E-state index is 13.2. The van der Waals surface area contributed by atoms with Gasteiger partial charge in [-0.25, -0.2) is 14.8 Å². The van der Waals surface area contributed by atoms with Crippen LogP contribution in [0.15, 0.2) is 23.2 Å². The van der Waals surface area contributed by atoms with Crippen LogP contribution < -0.4 is 16.4 Å². The number of carbonyl (C=O) groups excluding carboxylic acids is 3.